The number of nitrogens with zero attached hydrogens (tertiary/aromatic N) is 2. The highest BCUT2D eigenvalue weighted by atomic mass is 16.5. The van der Waals surface area contributed by atoms with E-state index >= 15 is 0 Å². The van der Waals surface area contributed by atoms with Gasteiger partial charge in [0.15, 0.2) is 17.6 Å². The minimum absolute atomic E-state index is 0.0430. The third-order valence-electron chi connectivity index (χ3n) is 10.0. The van der Waals surface area contributed by atoms with Crippen molar-refractivity contribution in [2.45, 2.75) is 55.3 Å². The minimum Gasteiger partial charge on any atom is -0.504 e. The lowest BCUT2D eigenvalue weighted by atomic mass is 9.49. The summed E-state index contributed by atoms with van der Waals surface area (Å²) in [7, 11) is 0. The Morgan fingerprint density at radius 1 is 1.03 bits per heavy atom. The zero-order valence-corrected chi connectivity index (χ0v) is 20.1. The number of likely N-dealkylation sites (tertiary alicyclic amines) is 1. The van der Waals surface area contributed by atoms with Crippen LogP contribution in [0.5, 0.6) is 11.5 Å². The first-order chi connectivity index (χ1) is 17.6. The Morgan fingerprint density at radius 3 is 2.78 bits per heavy atom. The van der Waals surface area contributed by atoms with Crippen LogP contribution in [0.25, 0.3) is 21.7 Å². The van der Waals surface area contributed by atoms with Crippen molar-refractivity contribution in [1.29, 1.82) is 0 Å². The number of aromatic nitrogens is 1. The Kier molecular flexibility index (Phi) is 3.55. The van der Waals surface area contributed by atoms with Crippen LogP contribution >= 0.6 is 0 Å². The number of ether oxygens (including phenoxy) is 1. The molecule has 2 fully saturated rings. The highest BCUT2D eigenvalue weighted by molar-refractivity contribution is 6.05. The van der Waals surface area contributed by atoms with E-state index in [-0.39, 0.29) is 11.8 Å². The molecule has 2 bridgehead atoms. The summed E-state index contributed by atoms with van der Waals surface area (Å²) in [4.78, 5) is 7.88. The van der Waals surface area contributed by atoms with Gasteiger partial charge in [-0.1, -0.05) is 42.5 Å². The summed E-state index contributed by atoms with van der Waals surface area (Å²) in [5.74, 6) is 1.51. The topological polar surface area (TPSA) is 65.8 Å². The molecule has 2 aliphatic heterocycles. The second kappa shape index (κ2) is 6.39. The van der Waals surface area contributed by atoms with Crippen molar-refractivity contribution in [1.82, 2.24) is 9.88 Å². The average Bonchev–Trinajstić information content (AvgIpc) is 3.62. The van der Waals surface area contributed by atoms with Crippen LogP contribution in [0.1, 0.15) is 47.8 Å². The summed E-state index contributed by atoms with van der Waals surface area (Å²) >= 11 is 0. The van der Waals surface area contributed by atoms with Crippen molar-refractivity contribution in [2.24, 2.45) is 5.92 Å². The molecule has 0 amide bonds. The van der Waals surface area contributed by atoms with Crippen molar-refractivity contribution < 1.29 is 14.9 Å². The first-order valence-electron chi connectivity index (χ1n) is 13.4. The number of hydrogen-bond acceptors (Lipinski definition) is 5. The SMILES string of the molecule is Oc1ccc2c3c1O[C@H]1c4nc5c(ccc6ccccc65)cc4C[C@@]4(O)[C@@H](C2)N(CC2CC2)CC[C@]314. The predicted octanol–water partition coefficient (Wildman–Crippen LogP) is 4.79. The maximum absolute atomic E-state index is 12.9. The zero-order chi connectivity index (χ0) is 23.8. The molecule has 36 heavy (non-hydrogen) atoms. The van der Waals surface area contributed by atoms with Crippen LogP contribution in [0.3, 0.4) is 0 Å². The number of phenolic OH excluding ortho intramolecular Hbond substituents is 1. The Hall–Kier alpha value is -3.15. The fourth-order valence-electron chi connectivity index (χ4n) is 8.28. The van der Waals surface area contributed by atoms with E-state index in [2.05, 4.69) is 53.4 Å². The molecule has 0 radical (unpaired) electrons. The smallest absolute Gasteiger partial charge is 0.166 e. The van der Waals surface area contributed by atoms with Crippen LogP contribution < -0.4 is 4.74 Å². The highest BCUT2D eigenvalue weighted by Crippen LogP contribution is 2.68. The van der Waals surface area contributed by atoms with Gasteiger partial charge in [0.25, 0.3) is 0 Å². The highest BCUT2D eigenvalue weighted by Gasteiger charge is 2.72. The fraction of sp³-hybridized carbons (Fsp3) is 0.387. The molecule has 4 aromatic rings. The van der Waals surface area contributed by atoms with Gasteiger partial charge in [-0.25, -0.2) is 4.98 Å². The molecule has 3 heterocycles. The van der Waals surface area contributed by atoms with Gasteiger partial charge in [-0.05, 0) is 66.8 Å². The zero-order valence-electron chi connectivity index (χ0n) is 20.1. The van der Waals surface area contributed by atoms with Gasteiger partial charge < -0.3 is 14.9 Å². The molecular weight excluding hydrogens is 448 g/mol. The molecule has 5 nitrogen and oxygen atoms in total. The molecular formula is C31H28N2O3. The Balaban J connectivity index is 1.33. The number of rotatable bonds is 2. The van der Waals surface area contributed by atoms with Crippen molar-refractivity contribution in [3.8, 4) is 11.5 Å². The number of hydrogen-bond donors (Lipinski definition) is 2. The molecule has 1 spiro atoms. The Morgan fingerprint density at radius 2 is 1.89 bits per heavy atom. The largest absolute Gasteiger partial charge is 0.504 e. The first-order valence-corrected chi connectivity index (χ1v) is 13.4. The van der Waals surface area contributed by atoms with E-state index in [4.69, 9.17) is 9.72 Å². The van der Waals surface area contributed by atoms with Gasteiger partial charge in [0, 0.05) is 35.3 Å². The maximum atomic E-state index is 12.9. The van der Waals surface area contributed by atoms with Gasteiger partial charge in [0.1, 0.15) is 0 Å². The Labute approximate surface area is 209 Å². The van der Waals surface area contributed by atoms with E-state index in [1.165, 1.54) is 23.8 Å². The van der Waals surface area contributed by atoms with Crippen LogP contribution in [-0.2, 0) is 18.3 Å². The van der Waals surface area contributed by atoms with Gasteiger partial charge >= 0.3 is 0 Å². The van der Waals surface area contributed by atoms with E-state index in [0.29, 0.717) is 12.2 Å². The van der Waals surface area contributed by atoms with Gasteiger partial charge in [0.2, 0.25) is 0 Å². The van der Waals surface area contributed by atoms with Crippen molar-refractivity contribution in [3.63, 3.8) is 0 Å². The van der Waals surface area contributed by atoms with Crippen LogP contribution in [0, 0.1) is 5.92 Å². The maximum Gasteiger partial charge on any atom is 0.166 e. The molecule has 1 aromatic heterocycles. The molecule has 5 aliphatic rings. The van der Waals surface area contributed by atoms with E-state index in [9.17, 15) is 10.2 Å². The number of piperidine rings is 1. The summed E-state index contributed by atoms with van der Waals surface area (Å²) in [6.45, 7) is 2.02. The fourth-order valence-corrected chi connectivity index (χ4v) is 8.28. The normalized spacial score (nSPS) is 31.8. The molecule has 5 heteroatoms. The van der Waals surface area contributed by atoms with Crippen molar-refractivity contribution in [2.75, 3.05) is 13.1 Å². The number of fused-ring (bicyclic) bond motifs is 5. The molecule has 2 N–H and O–H groups in total. The third kappa shape index (κ3) is 2.24. The number of pyridine rings is 1. The van der Waals surface area contributed by atoms with Crippen LogP contribution in [0.2, 0.25) is 0 Å². The van der Waals surface area contributed by atoms with Crippen molar-refractivity contribution in [3.05, 3.63) is 77.0 Å². The molecule has 180 valence electrons. The molecule has 1 saturated heterocycles. The first kappa shape index (κ1) is 20.0. The minimum atomic E-state index is -0.962. The summed E-state index contributed by atoms with van der Waals surface area (Å²) in [6.07, 6.45) is 4.39. The molecule has 4 atom stereocenters. The summed E-state index contributed by atoms with van der Waals surface area (Å²) in [5.41, 5.74) is 3.71. The van der Waals surface area contributed by atoms with E-state index in [0.717, 1.165) is 65.0 Å². The number of aliphatic hydroxyl groups is 1. The lowest BCUT2D eigenvalue weighted by Crippen LogP contribution is -2.74. The van der Waals surface area contributed by atoms with Gasteiger partial charge in [0.05, 0.1) is 22.2 Å². The number of aromatic hydroxyl groups is 1. The van der Waals surface area contributed by atoms with E-state index < -0.39 is 17.1 Å². The molecule has 3 aromatic carbocycles. The Bertz CT molecular complexity index is 1630. The summed E-state index contributed by atoms with van der Waals surface area (Å²) in [6, 6.07) is 18.8. The quantitative estimate of drug-likeness (QED) is 0.407. The molecule has 3 aliphatic carbocycles. The van der Waals surface area contributed by atoms with E-state index in [1.807, 2.05) is 0 Å². The monoisotopic (exact) mass is 476 g/mol. The summed E-state index contributed by atoms with van der Waals surface area (Å²) in [5, 5.41) is 27.2. The lowest BCUT2D eigenvalue weighted by Gasteiger charge is -2.63. The average molecular weight is 477 g/mol. The van der Waals surface area contributed by atoms with Crippen LogP contribution in [0.15, 0.2) is 54.6 Å². The van der Waals surface area contributed by atoms with Crippen LogP contribution in [0.4, 0.5) is 0 Å². The second-order valence-corrected chi connectivity index (χ2v) is 11.8. The van der Waals surface area contributed by atoms with Gasteiger partial charge in [-0.3, -0.25) is 4.90 Å². The molecule has 0 unspecified atom stereocenters. The van der Waals surface area contributed by atoms with Gasteiger partial charge in [-0.15, -0.1) is 0 Å². The standard InChI is InChI=1S/C31H28N2O3/c34-23-10-9-19-14-24-31(35)15-21-13-20-8-7-18-3-1-2-4-22(18)26(20)32-27(21)29-30(31,25(19)28(23)36-29)11-12-33(24)16-17-5-6-17/h1-4,7-10,13,17,24,29,34-35H,5-6,11-12,14-16H2/t24-,29+,30+,31-/m1/s1. The van der Waals surface area contributed by atoms with Crippen molar-refractivity contribution >= 4 is 21.7 Å². The summed E-state index contributed by atoms with van der Waals surface area (Å²) < 4.78 is 6.70. The molecule has 9 rings (SSSR count). The number of benzene rings is 3. The van der Waals surface area contributed by atoms with E-state index in [1.54, 1.807) is 6.07 Å². The number of phenols is 1. The second-order valence-electron chi connectivity index (χ2n) is 11.8. The molecule has 1 saturated carbocycles. The lowest BCUT2D eigenvalue weighted by molar-refractivity contribution is -0.173. The van der Waals surface area contributed by atoms with Crippen LogP contribution in [-0.4, -0.2) is 44.8 Å². The third-order valence-corrected chi connectivity index (χ3v) is 10.0. The van der Waals surface area contributed by atoms with Gasteiger partial charge in [-0.2, -0.15) is 0 Å². The predicted molar refractivity (Wildman–Crippen MR) is 137 cm³/mol.